The normalized spacial score (nSPS) is 19.7. The Kier molecular flexibility index (Phi) is 3.60. The zero-order chi connectivity index (χ0) is 14.8. The molecule has 1 saturated heterocycles. The number of piperidine rings is 1. The van der Waals surface area contributed by atoms with Crippen molar-refractivity contribution >= 4 is 11.0 Å². The van der Waals surface area contributed by atoms with Crippen molar-refractivity contribution in [2.45, 2.75) is 25.3 Å². The van der Waals surface area contributed by atoms with E-state index in [1.807, 2.05) is 10.7 Å². The number of nitrogens with one attached hydrogen (secondary N) is 1. The van der Waals surface area contributed by atoms with Crippen molar-refractivity contribution in [2.75, 3.05) is 19.6 Å². The van der Waals surface area contributed by atoms with E-state index in [9.17, 15) is 0 Å². The maximum Gasteiger partial charge on any atom is 0.137 e. The average molecular weight is 296 g/mol. The highest BCUT2D eigenvalue weighted by molar-refractivity contribution is 5.74. The van der Waals surface area contributed by atoms with Gasteiger partial charge in [-0.15, -0.1) is 0 Å². The molecule has 0 bridgehead atoms. The highest BCUT2D eigenvalue weighted by atomic mass is 15.3. The summed E-state index contributed by atoms with van der Waals surface area (Å²) >= 11 is 0. The number of benzene rings is 1. The lowest BCUT2D eigenvalue weighted by Crippen LogP contribution is -2.36. The molecule has 1 atom stereocenters. The van der Waals surface area contributed by atoms with Crippen LogP contribution in [0.1, 0.15) is 24.6 Å². The van der Waals surface area contributed by atoms with Gasteiger partial charge in [-0.25, -0.2) is 9.97 Å². The van der Waals surface area contributed by atoms with E-state index < -0.39 is 0 Å². The number of aromatic nitrogens is 5. The Morgan fingerprint density at radius 1 is 1.23 bits per heavy atom. The van der Waals surface area contributed by atoms with Gasteiger partial charge in [-0.1, -0.05) is 12.1 Å². The van der Waals surface area contributed by atoms with Crippen LogP contribution < -0.4 is 0 Å². The fraction of sp³-hybridized carbons (Fsp3) is 0.438. The third-order valence-electron chi connectivity index (χ3n) is 4.41. The van der Waals surface area contributed by atoms with E-state index >= 15 is 0 Å². The first-order valence-electron chi connectivity index (χ1n) is 7.88. The van der Waals surface area contributed by atoms with Crippen molar-refractivity contribution < 1.29 is 0 Å². The molecule has 4 rings (SSSR count). The van der Waals surface area contributed by atoms with Crippen molar-refractivity contribution in [1.29, 1.82) is 0 Å². The van der Waals surface area contributed by atoms with Crippen LogP contribution in [0.5, 0.6) is 0 Å². The number of para-hydroxylation sites is 2. The molecule has 1 aliphatic heterocycles. The fourth-order valence-electron chi connectivity index (χ4n) is 3.24. The Hall–Kier alpha value is -2.21. The molecule has 3 aromatic rings. The first-order valence-corrected chi connectivity index (χ1v) is 7.88. The fourth-order valence-corrected chi connectivity index (χ4v) is 3.24. The zero-order valence-electron chi connectivity index (χ0n) is 12.5. The molecule has 0 radical (unpaired) electrons. The Labute approximate surface area is 129 Å². The van der Waals surface area contributed by atoms with Crippen molar-refractivity contribution in [3.8, 4) is 0 Å². The highest BCUT2D eigenvalue weighted by Crippen LogP contribution is 2.26. The summed E-state index contributed by atoms with van der Waals surface area (Å²) in [6, 6.07) is 8.26. The largest absolute Gasteiger partial charge is 0.342 e. The van der Waals surface area contributed by atoms with E-state index in [2.05, 4.69) is 38.2 Å². The summed E-state index contributed by atoms with van der Waals surface area (Å²) in [5.74, 6) is 1.63. The Bertz CT molecular complexity index is 699. The number of H-pyrrole nitrogens is 1. The third kappa shape index (κ3) is 2.74. The number of imidazole rings is 1. The molecule has 1 aromatic carbocycles. The number of rotatable bonds is 4. The van der Waals surface area contributed by atoms with Gasteiger partial charge < -0.3 is 9.88 Å². The Morgan fingerprint density at radius 2 is 2.18 bits per heavy atom. The summed E-state index contributed by atoms with van der Waals surface area (Å²) in [6.07, 6.45) is 5.80. The van der Waals surface area contributed by atoms with E-state index in [-0.39, 0.29) is 0 Å². The van der Waals surface area contributed by atoms with Crippen LogP contribution in [0, 0.1) is 0 Å². The summed E-state index contributed by atoms with van der Waals surface area (Å²) in [4.78, 5) is 14.8. The molecule has 3 heterocycles. The molecule has 1 N–H and O–H groups in total. The summed E-state index contributed by atoms with van der Waals surface area (Å²) in [5, 5.41) is 4.17. The molecule has 0 amide bonds. The van der Waals surface area contributed by atoms with E-state index in [1.54, 1.807) is 12.7 Å². The average Bonchev–Trinajstić information content (AvgIpc) is 3.22. The zero-order valence-corrected chi connectivity index (χ0v) is 12.5. The van der Waals surface area contributed by atoms with Crippen LogP contribution in [0.2, 0.25) is 0 Å². The minimum Gasteiger partial charge on any atom is -0.342 e. The quantitative estimate of drug-likeness (QED) is 0.800. The van der Waals surface area contributed by atoms with Crippen LogP contribution >= 0.6 is 0 Å². The number of aromatic amines is 1. The predicted octanol–water partition coefficient (Wildman–Crippen LogP) is 2.03. The number of likely N-dealkylation sites (tertiary alicyclic amines) is 1. The van der Waals surface area contributed by atoms with Crippen molar-refractivity contribution in [1.82, 2.24) is 29.6 Å². The van der Waals surface area contributed by atoms with Crippen molar-refractivity contribution in [2.24, 2.45) is 0 Å². The van der Waals surface area contributed by atoms with Crippen LogP contribution in [-0.2, 0) is 6.54 Å². The molecule has 22 heavy (non-hydrogen) atoms. The van der Waals surface area contributed by atoms with Crippen molar-refractivity contribution in [3.63, 3.8) is 0 Å². The smallest absolute Gasteiger partial charge is 0.137 e. The Balaban J connectivity index is 1.43. The number of hydrogen-bond acceptors (Lipinski definition) is 4. The monoisotopic (exact) mass is 296 g/mol. The first kappa shape index (κ1) is 13.5. The maximum absolute atomic E-state index is 4.77. The van der Waals surface area contributed by atoms with Gasteiger partial charge in [-0.2, -0.15) is 5.10 Å². The van der Waals surface area contributed by atoms with Gasteiger partial charge in [0.05, 0.1) is 17.6 Å². The van der Waals surface area contributed by atoms with E-state index in [0.717, 1.165) is 43.0 Å². The lowest BCUT2D eigenvalue weighted by Gasteiger charge is -2.31. The molecule has 0 spiro atoms. The summed E-state index contributed by atoms with van der Waals surface area (Å²) in [6.45, 7) is 4.13. The van der Waals surface area contributed by atoms with Gasteiger partial charge in [-0.05, 0) is 31.5 Å². The Morgan fingerprint density at radius 3 is 3.05 bits per heavy atom. The molecular formula is C16H20N6. The second kappa shape index (κ2) is 5.88. The molecule has 2 aromatic heterocycles. The summed E-state index contributed by atoms with van der Waals surface area (Å²) in [7, 11) is 0. The molecule has 1 aliphatic rings. The molecule has 6 nitrogen and oxygen atoms in total. The minimum atomic E-state index is 0.497. The third-order valence-corrected chi connectivity index (χ3v) is 4.41. The molecule has 6 heteroatoms. The lowest BCUT2D eigenvalue weighted by molar-refractivity contribution is 0.195. The van der Waals surface area contributed by atoms with Crippen molar-refractivity contribution in [3.05, 3.63) is 42.7 Å². The molecule has 114 valence electrons. The van der Waals surface area contributed by atoms with Gasteiger partial charge >= 0.3 is 0 Å². The SMILES string of the molecule is c1ccc2[nH]c(C3CCCN(CCn4cncn4)C3)nc2c1. The first-order chi connectivity index (χ1) is 10.9. The highest BCUT2D eigenvalue weighted by Gasteiger charge is 2.23. The molecule has 1 fully saturated rings. The predicted molar refractivity (Wildman–Crippen MR) is 84.5 cm³/mol. The summed E-state index contributed by atoms with van der Waals surface area (Å²) in [5.41, 5.74) is 2.20. The van der Waals surface area contributed by atoms with Gasteiger partial charge in [0.2, 0.25) is 0 Å². The van der Waals surface area contributed by atoms with Gasteiger partial charge in [0.25, 0.3) is 0 Å². The van der Waals surface area contributed by atoms with Gasteiger partial charge in [0, 0.05) is 19.0 Å². The standard InChI is InChI=1S/C16H20N6/c1-2-6-15-14(5-1)19-16(20-15)13-4-3-7-21(10-13)8-9-22-12-17-11-18-22/h1-2,5-6,11-13H,3-4,7-10H2,(H,19,20). The number of fused-ring (bicyclic) bond motifs is 1. The molecule has 0 aliphatic carbocycles. The maximum atomic E-state index is 4.77. The van der Waals surface area contributed by atoms with Gasteiger partial charge in [0.15, 0.2) is 0 Å². The van der Waals surface area contributed by atoms with E-state index in [0.29, 0.717) is 5.92 Å². The van der Waals surface area contributed by atoms with Crippen LogP contribution in [0.3, 0.4) is 0 Å². The lowest BCUT2D eigenvalue weighted by atomic mass is 9.97. The van der Waals surface area contributed by atoms with E-state index in [4.69, 9.17) is 4.98 Å². The molecule has 1 unspecified atom stereocenters. The van der Waals surface area contributed by atoms with Gasteiger partial charge in [-0.3, -0.25) is 4.68 Å². The molecule has 0 saturated carbocycles. The summed E-state index contributed by atoms with van der Waals surface area (Å²) < 4.78 is 1.89. The topological polar surface area (TPSA) is 62.6 Å². The number of nitrogens with zero attached hydrogens (tertiary/aromatic N) is 5. The molecular weight excluding hydrogens is 276 g/mol. The number of hydrogen-bond donors (Lipinski definition) is 1. The van der Waals surface area contributed by atoms with Crippen LogP contribution in [-0.4, -0.2) is 49.3 Å². The van der Waals surface area contributed by atoms with Crippen LogP contribution in [0.15, 0.2) is 36.9 Å². The van der Waals surface area contributed by atoms with Gasteiger partial charge in [0.1, 0.15) is 18.5 Å². The second-order valence-electron chi connectivity index (χ2n) is 5.94. The van der Waals surface area contributed by atoms with Crippen LogP contribution in [0.25, 0.3) is 11.0 Å². The van der Waals surface area contributed by atoms with Crippen LogP contribution in [0.4, 0.5) is 0 Å². The second-order valence-corrected chi connectivity index (χ2v) is 5.94. The minimum absolute atomic E-state index is 0.497. The van der Waals surface area contributed by atoms with E-state index in [1.165, 1.54) is 12.8 Å².